The van der Waals surface area contributed by atoms with Gasteiger partial charge >= 0.3 is 0 Å². The maximum atomic E-state index is 13.0. The van der Waals surface area contributed by atoms with Crippen LogP contribution in [0.1, 0.15) is 70.0 Å². The maximum absolute atomic E-state index is 13.0. The van der Waals surface area contributed by atoms with Crippen LogP contribution in [0.5, 0.6) is 0 Å². The fraction of sp³-hybridized carbons (Fsp3) is 0.583. The van der Waals surface area contributed by atoms with E-state index in [1.165, 1.54) is 0 Å². The highest BCUT2D eigenvalue weighted by Gasteiger charge is 2.31. The number of nitrogens with one attached hydrogen (secondary N) is 1. The molecule has 1 aliphatic heterocycles. The molecule has 172 valence electrons. The van der Waals surface area contributed by atoms with Crippen molar-refractivity contribution >= 4 is 10.9 Å². The number of nitrogens with zero attached hydrogens (tertiary/aromatic N) is 5. The van der Waals surface area contributed by atoms with E-state index in [1.54, 1.807) is 0 Å². The van der Waals surface area contributed by atoms with E-state index in [2.05, 4.69) is 65.2 Å². The molecule has 2 atom stereocenters. The summed E-state index contributed by atoms with van der Waals surface area (Å²) in [5.74, 6) is 0.825. The molecule has 8 nitrogen and oxygen atoms in total. The number of hydrogen-bond acceptors (Lipinski definition) is 6. The number of benzene rings is 1. The molecular formula is C24H34N6O2. The molecule has 1 aliphatic rings. The van der Waals surface area contributed by atoms with Crippen molar-refractivity contribution in [2.45, 2.75) is 78.1 Å². The van der Waals surface area contributed by atoms with Gasteiger partial charge in [-0.05, 0) is 80.5 Å². The second-order valence-electron chi connectivity index (χ2n) is 9.82. The first-order valence-corrected chi connectivity index (χ1v) is 11.5. The van der Waals surface area contributed by atoms with Gasteiger partial charge in [0.2, 0.25) is 0 Å². The summed E-state index contributed by atoms with van der Waals surface area (Å²) < 4.78 is 7.86. The van der Waals surface area contributed by atoms with Gasteiger partial charge in [-0.1, -0.05) is 19.1 Å². The number of tetrazole rings is 1. The van der Waals surface area contributed by atoms with E-state index >= 15 is 0 Å². The lowest BCUT2D eigenvalue weighted by Crippen LogP contribution is -2.39. The van der Waals surface area contributed by atoms with Gasteiger partial charge in [-0.3, -0.25) is 9.69 Å². The van der Waals surface area contributed by atoms with Gasteiger partial charge in [-0.15, -0.1) is 5.10 Å². The molecule has 0 spiro atoms. The number of aromatic nitrogens is 5. The third-order valence-electron chi connectivity index (χ3n) is 6.17. The summed E-state index contributed by atoms with van der Waals surface area (Å²) in [6.45, 7) is 12.5. The normalized spacial score (nSPS) is 18.0. The van der Waals surface area contributed by atoms with Crippen molar-refractivity contribution in [3.05, 3.63) is 51.6 Å². The summed E-state index contributed by atoms with van der Waals surface area (Å²) in [6.07, 6.45) is 3.09. The maximum Gasteiger partial charge on any atom is 0.252 e. The zero-order valence-electron chi connectivity index (χ0n) is 19.8. The second-order valence-corrected chi connectivity index (χ2v) is 9.82. The summed E-state index contributed by atoms with van der Waals surface area (Å²) in [5.41, 5.74) is 2.45. The molecule has 2 aromatic heterocycles. The van der Waals surface area contributed by atoms with Crippen LogP contribution in [0.3, 0.4) is 0 Å². The molecule has 0 aliphatic carbocycles. The Morgan fingerprint density at radius 1 is 1.31 bits per heavy atom. The van der Waals surface area contributed by atoms with E-state index in [0.29, 0.717) is 6.54 Å². The molecule has 1 saturated heterocycles. The Morgan fingerprint density at radius 2 is 2.12 bits per heavy atom. The fourth-order valence-corrected chi connectivity index (χ4v) is 4.53. The number of H-pyrrole nitrogens is 1. The molecule has 2 unspecified atom stereocenters. The van der Waals surface area contributed by atoms with Crippen LogP contribution in [-0.4, -0.2) is 49.3 Å². The molecule has 8 heteroatoms. The lowest BCUT2D eigenvalue weighted by atomic mass is 10.0. The average Bonchev–Trinajstić information content (AvgIpc) is 3.41. The lowest BCUT2D eigenvalue weighted by molar-refractivity contribution is 0.0478. The Hall–Kier alpha value is -2.58. The van der Waals surface area contributed by atoms with E-state index in [-0.39, 0.29) is 23.2 Å². The zero-order chi connectivity index (χ0) is 22.9. The van der Waals surface area contributed by atoms with E-state index in [0.717, 1.165) is 60.3 Å². The van der Waals surface area contributed by atoms with Gasteiger partial charge in [-0.25, -0.2) is 4.68 Å². The number of pyridine rings is 1. The SMILES string of the molecule is CCC(c1nnnn1C(C)(C)C)N(Cc1cc2ccc(C)cc2[nH]c1=O)CC1CCCO1. The van der Waals surface area contributed by atoms with E-state index in [1.807, 2.05) is 23.7 Å². The minimum absolute atomic E-state index is 0.0264. The Kier molecular flexibility index (Phi) is 6.44. The van der Waals surface area contributed by atoms with Crippen LogP contribution in [0, 0.1) is 6.92 Å². The molecule has 4 rings (SSSR count). The first-order valence-electron chi connectivity index (χ1n) is 11.5. The van der Waals surface area contributed by atoms with E-state index < -0.39 is 0 Å². The predicted molar refractivity (Wildman–Crippen MR) is 125 cm³/mol. The molecule has 0 saturated carbocycles. The topological polar surface area (TPSA) is 88.9 Å². The molecule has 0 bridgehead atoms. The van der Waals surface area contributed by atoms with Gasteiger partial charge in [0, 0.05) is 30.8 Å². The highest BCUT2D eigenvalue weighted by atomic mass is 16.5. The largest absolute Gasteiger partial charge is 0.377 e. The van der Waals surface area contributed by atoms with Crippen LogP contribution in [0.2, 0.25) is 0 Å². The summed E-state index contributed by atoms with van der Waals surface area (Å²) in [5, 5.41) is 13.7. The van der Waals surface area contributed by atoms with Crippen molar-refractivity contribution in [3.63, 3.8) is 0 Å². The molecule has 0 radical (unpaired) electrons. The fourth-order valence-electron chi connectivity index (χ4n) is 4.53. The number of ether oxygens (including phenoxy) is 1. The summed E-state index contributed by atoms with van der Waals surface area (Å²) in [6, 6.07) is 8.13. The minimum atomic E-state index is -0.236. The number of rotatable bonds is 7. The van der Waals surface area contributed by atoms with Crippen LogP contribution in [-0.2, 0) is 16.8 Å². The quantitative estimate of drug-likeness (QED) is 0.605. The molecule has 0 amide bonds. The van der Waals surface area contributed by atoms with Crippen LogP contribution in [0.15, 0.2) is 29.1 Å². The molecule has 1 N–H and O–H groups in total. The molecule has 32 heavy (non-hydrogen) atoms. The van der Waals surface area contributed by atoms with Crippen molar-refractivity contribution in [2.75, 3.05) is 13.2 Å². The summed E-state index contributed by atoms with van der Waals surface area (Å²) >= 11 is 0. The number of fused-ring (bicyclic) bond motifs is 1. The van der Waals surface area contributed by atoms with Gasteiger partial charge in [0.25, 0.3) is 5.56 Å². The average molecular weight is 439 g/mol. The number of hydrogen-bond donors (Lipinski definition) is 1. The minimum Gasteiger partial charge on any atom is -0.377 e. The van der Waals surface area contributed by atoms with Crippen LogP contribution in [0.4, 0.5) is 0 Å². The molecule has 1 fully saturated rings. The third kappa shape index (κ3) is 4.76. The second kappa shape index (κ2) is 9.11. The standard InChI is InChI=1S/C24H34N6O2/c1-6-21(22-26-27-28-30(22)24(3,4)5)29(15-19-8-7-11-32-19)14-18-13-17-10-9-16(2)12-20(17)25-23(18)31/h9-10,12-13,19,21H,6-8,11,14-15H2,1-5H3,(H,25,31). The van der Waals surface area contributed by atoms with Gasteiger partial charge in [0.05, 0.1) is 17.7 Å². The Balaban J connectivity index is 1.71. The number of aromatic amines is 1. The Morgan fingerprint density at radius 3 is 2.81 bits per heavy atom. The highest BCUT2D eigenvalue weighted by Crippen LogP contribution is 2.29. The predicted octanol–water partition coefficient (Wildman–Crippen LogP) is 3.71. The van der Waals surface area contributed by atoms with Crippen molar-refractivity contribution in [1.82, 2.24) is 30.1 Å². The molecule has 1 aromatic carbocycles. The summed E-state index contributed by atoms with van der Waals surface area (Å²) in [7, 11) is 0. The Labute approximate surface area is 189 Å². The van der Waals surface area contributed by atoms with E-state index in [4.69, 9.17) is 4.74 Å². The van der Waals surface area contributed by atoms with Crippen molar-refractivity contribution in [3.8, 4) is 0 Å². The monoisotopic (exact) mass is 438 g/mol. The Bertz CT molecular complexity index is 1120. The number of aryl methyl sites for hydroxylation is 1. The van der Waals surface area contributed by atoms with Crippen molar-refractivity contribution in [1.29, 1.82) is 0 Å². The summed E-state index contributed by atoms with van der Waals surface area (Å²) in [4.78, 5) is 18.4. The van der Waals surface area contributed by atoms with Gasteiger partial charge in [-0.2, -0.15) is 0 Å². The van der Waals surface area contributed by atoms with Crippen LogP contribution < -0.4 is 5.56 Å². The first kappa shape index (κ1) is 22.6. The van der Waals surface area contributed by atoms with Crippen molar-refractivity contribution < 1.29 is 4.74 Å². The first-order chi connectivity index (χ1) is 15.3. The zero-order valence-corrected chi connectivity index (χ0v) is 19.8. The molecular weight excluding hydrogens is 404 g/mol. The van der Waals surface area contributed by atoms with Crippen LogP contribution in [0.25, 0.3) is 10.9 Å². The lowest BCUT2D eigenvalue weighted by Gasteiger charge is -2.33. The molecule has 3 aromatic rings. The van der Waals surface area contributed by atoms with Gasteiger partial charge in [0.15, 0.2) is 5.82 Å². The van der Waals surface area contributed by atoms with Crippen LogP contribution >= 0.6 is 0 Å². The van der Waals surface area contributed by atoms with Gasteiger partial charge < -0.3 is 9.72 Å². The van der Waals surface area contributed by atoms with E-state index in [9.17, 15) is 4.79 Å². The smallest absolute Gasteiger partial charge is 0.252 e. The van der Waals surface area contributed by atoms with Gasteiger partial charge in [0.1, 0.15) is 0 Å². The molecule has 3 heterocycles. The third-order valence-corrected chi connectivity index (χ3v) is 6.17. The van der Waals surface area contributed by atoms with Crippen molar-refractivity contribution in [2.24, 2.45) is 0 Å². The highest BCUT2D eigenvalue weighted by molar-refractivity contribution is 5.79.